The average molecular weight is 286 g/mol. The van der Waals surface area contributed by atoms with Crippen LogP contribution >= 0.6 is 0 Å². The summed E-state index contributed by atoms with van der Waals surface area (Å²) in [6.07, 6.45) is 5.65. The number of rotatable bonds is 9. The fourth-order valence-corrected chi connectivity index (χ4v) is 2.05. The molecular weight excluding hydrogens is 264 g/mol. The number of hydrogen-bond acceptors (Lipinski definition) is 4. The maximum atomic E-state index is 5.68. The van der Waals surface area contributed by atoms with Gasteiger partial charge in [-0.3, -0.25) is 4.98 Å². The SMILES string of the molecule is NCc1ccccc1OCCOCCCc1ccncc1. The zero-order chi connectivity index (χ0) is 14.8. The summed E-state index contributed by atoms with van der Waals surface area (Å²) in [5, 5.41) is 0. The number of aromatic nitrogens is 1. The van der Waals surface area contributed by atoms with Crippen LogP contribution in [0.3, 0.4) is 0 Å². The molecule has 0 unspecified atom stereocenters. The first-order valence-electron chi connectivity index (χ1n) is 7.27. The van der Waals surface area contributed by atoms with Crippen LogP contribution in [0.25, 0.3) is 0 Å². The van der Waals surface area contributed by atoms with Gasteiger partial charge in [-0.15, -0.1) is 0 Å². The Labute approximate surface area is 125 Å². The Kier molecular flexibility index (Phi) is 6.71. The largest absolute Gasteiger partial charge is 0.491 e. The predicted octanol–water partition coefficient (Wildman–Crippen LogP) is 2.57. The number of para-hydroxylation sites is 1. The van der Waals surface area contributed by atoms with Gasteiger partial charge in [0, 0.05) is 31.1 Å². The molecule has 1 heterocycles. The van der Waals surface area contributed by atoms with Crippen LogP contribution < -0.4 is 10.5 Å². The second kappa shape index (κ2) is 9.10. The number of nitrogens with zero attached hydrogens (tertiary/aromatic N) is 1. The van der Waals surface area contributed by atoms with Crippen molar-refractivity contribution in [2.75, 3.05) is 19.8 Å². The highest BCUT2D eigenvalue weighted by molar-refractivity contribution is 5.32. The molecule has 112 valence electrons. The summed E-state index contributed by atoms with van der Waals surface area (Å²) in [5.74, 6) is 0.848. The van der Waals surface area contributed by atoms with Crippen LogP contribution in [-0.2, 0) is 17.7 Å². The van der Waals surface area contributed by atoms with Crippen LogP contribution in [0.2, 0.25) is 0 Å². The van der Waals surface area contributed by atoms with Crippen molar-refractivity contribution in [3.05, 3.63) is 59.9 Å². The van der Waals surface area contributed by atoms with Gasteiger partial charge in [-0.1, -0.05) is 18.2 Å². The molecule has 0 aliphatic carbocycles. The number of nitrogens with two attached hydrogens (primary N) is 1. The van der Waals surface area contributed by atoms with Crippen molar-refractivity contribution in [2.24, 2.45) is 5.73 Å². The van der Waals surface area contributed by atoms with E-state index < -0.39 is 0 Å². The Morgan fingerprint density at radius 3 is 2.57 bits per heavy atom. The summed E-state index contributed by atoms with van der Waals surface area (Å²) in [6, 6.07) is 11.9. The van der Waals surface area contributed by atoms with E-state index in [0.717, 1.165) is 30.8 Å². The second-order valence-corrected chi connectivity index (χ2v) is 4.73. The van der Waals surface area contributed by atoms with Crippen molar-refractivity contribution >= 4 is 0 Å². The van der Waals surface area contributed by atoms with Gasteiger partial charge in [0.1, 0.15) is 12.4 Å². The Morgan fingerprint density at radius 2 is 1.76 bits per heavy atom. The van der Waals surface area contributed by atoms with E-state index in [2.05, 4.69) is 4.98 Å². The molecule has 1 aromatic heterocycles. The normalized spacial score (nSPS) is 10.5. The Morgan fingerprint density at radius 1 is 0.952 bits per heavy atom. The standard InChI is InChI=1S/C17H22N2O2/c18-14-16-5-1-2-6-17(16)21-13-12-20-11-3-4-15-7-9-19-10-8-15/h1-2,5-10H,3-4,11-14,18H2. The molecule has 21 heavy (non-hydrogen) atoms. The third-order valence-electron chi connectivity index (χ3n) is 3.18. The fourth-order valence-electron chi connectivity index (χ4n) is 2.05. The highest BCUT2D eigenvalue weighted by Crippen LogP contribution is 2.16. The van der Waals surface area contributed by atoms with Gasteiger partial charge in [0.25, 0.3) is 0 Å². The van der Waals surface area contributed by atoms with Crippen LogP contribution in [0.4, 0.5) is 0 Å². The molecule has 0 atom stereocenters. The summed E-state index contributed by atoms with van der Waals surface area (Å²) in [5.41, 5.74) is 7.98. The second-order valence-electron chi connectivity index (χ2n) is 4.73. The lowest BCUT2D eigenvalue weighted by molar-refractivity contribution is 0.0982. The van der Waals surface area contributed by atoms with Crippen molar-refractivity contribution in [3.8, 4) is 5.75 Å². The molecular formula is C17H22N2O2. The molecule has 4 heteroatoms. The lowest BCUT2D eigenvalue weighted by Crippen LogP contribution is -2.10. The molecule has 4 nitrogen and oxygen atoms in total. The van der Waals surface area contributed by atoms with Crippen molar-refractivity contribution in [1.29, 1.82) is 0 Å². The summed E-state index contributed by atoms with van der Waals surface area (Å²) in [6.45, 7) is 2.37. The van der Waals surface area contributed by atoms with Crippen LogP contribution in [0.15, 0.2) is 48.8 Å². The van der Waals surface area contributed by atoms with E-state index in [1.165, 1.54) is 5.56 Å². The van der Waals surface area contributed by atoms with Gasteiger partial charge < -0.3 is 15.2 Å². The molecule has 1 aromatic carbocycles. The smallest absolute Gasteiger partial charge is 0.123 e. The number of hydrogen-bond donors (Lipinski definition) is 1. The van der Waals surface area contributed by atoms with Gasteiger partial charge in [-0.25, -0.2) is 0 Å². The maximum Gasteiger partial charge on any atom is 0.123 e. The lowest BCUT2D eigenvalue weighted by atomic mass is 10.1. The Hall–Kier alpha value is -1.91. The zero-order valence-electron chi connectivity index (χ0n) is 12.2. The van der Waals surface area contributed by atoms with Crippen molar-refractivity contribution in [1.82, 2.24) is 4.98 Å². The van der Waals surface area contributed by atoms with Gasteiger partial charge in [-0.2, -0.15) is 0 Å². The van der Waals surface area contributed by atoms with Crippen molar-refractivity contribution in [3.63, 3.8) is 0 Å². The molecule has 0 radical (unpaired) electrons. The van der Waals surface area contributed by atoms with Crippen LogP contribution in [-0.4, -0.2) is 24.8 Å². The van der Waals surface area contributed by atoms with E-state index in [1.54, 1.807) is 0 Å². The van der Waals surface area contributed by atoms with Crippen molar-refractivity contribution < 1.29 is 9.47 Å². The molecule has 0 aliphatic heterocycles. The topological polar surface area (TPSA) is 57.4 Å². The minimum atomic E-state index is 0.489. The molecule has 0 spiro atoms. The van der Waals surface area contributed by atoms with Gasteiger partial charge in [-0.05, 0) is 36.6 Å². The number of pyridine rings is 1. The quantitative estimate of drug-likeness (QED) is 0.720. The van der Waals surface area contributed by atoms with Gasteiger partial charge in [0.05, 0.1) is 6.61 Å². The maximum absolute atomic E-state index is 5.68. The van der Waals surface area contributed by atoms with Crippen LogP contribution in [0, 0.1) is 0 Å². The minimum Gasteiger partial charge on any atom is -0.491 e. The molecule has 2 N–H and O–H groups in total. The predicted molar refractivity (Wildman–Crippen MR) is 83.2 cm³/mol. The van der Waals surface area contributed by atoms with E-state index >= 15 is 0 Å². The molecule has 0 saturated heterocycles. The van der Waals surface area contributed by atoms with E-state index in [4.69, 9.17) is 15.2 Å². The molecule has 2 rings (SSSR count). The summed E-state index contributed by atoms with van der Waals surface area (Å²) in [7, 11) is 0. The molecule has 0 amide bonds. The summed E-state index contributed by atoms with van der Waals surface area (Å²) < 4.78 is 11.3. The fraction of sp³-hybridized carbons (Fsp3) is 0.353. The van der Waals surface area contributed by atoms with Gasteiger partial charge in [0.15, 0.2) is 0 Å². The molecule has 0 bridgehead atoms. The first kappa shape index (κ1) is 15.5. The molecule has 0 fully saturated rings. The molecule has 0 saturated carbocycles. The van der Waals surface area contributed by atoms with E-state index in [-0.39, 0.29) is 0 Å². The summed E-state index contributed by atoms with van der Waals surface area (Å²) in [4.78, 5) is 4.00. The number of aryl methyl sites for hydroxylation is 1. The highest BCUT2D eigenvalue weighted by atomic mass is 16.5. The average Bonchev–Trinajstić information content (AvgIpc) is 2.55. The van der Waals surface area contributed by atoms with E-state index in [9.17, 15) is 0 Å². The number of benzene rings is 1. The zero-order valence-corrected chi connectivity index (χ0v) is 12.2. The first-order chi connectivity index (χ1) is 10.4. The third kappa shape index (κ3) is 5.53. The monoisotopic (exact) mass is 286 g/mol. The summed E-state index contributed by atoms with van der Waals surface area (Å²) >= 11 is 0. The molecule has 2 aromatic rings. The Balaban J connectivity index is 1.56. The first-order valence-corrected chi connectivity index (χ1v) is 7.27. The molecule has 0 aliphatic rings. The van der Waals surface area contributed by atoms with Gasteiger partial charge in [0.2, 0.25) is 0 Å². The minimum absolute atomic E-state index is 0.489. The lowest BCUT2D eigenvalue weighted by Gasteiger charge is -2.10. The van der Waals surface area contributed by atoms with Crippen LogP contribution in [0.5, 0.6) is 5.75 Å². The van der Waals surface area contributed by atoms with E-state index in [0.29, 0.717) is 19.8 Å². The van der Waals surface area contributed by atoms with Crippen molar-refractivity contribution in [2.45, 2.75) is 19.4 Å². The third-order valence-corrected chi connectivity index (χ3v) is 3.18. The highest BCUT2D eigenvalue weighted by Gasteiger charge is 2.00. The van der Waals surface area contributed by atoms with Gasteiger partial charge >= 0.3 is 0 Å². The number of ether oxygens (including phenoxy) is 2. The Bertz CT molecular complexity index is 517. The van der Waals surface area contributed by atoms with Crippen LogP contribution in [0.1, 0.15) is 17.5 Å². The van der Waals surface area contributed by atoms with E-state index in [1.807, 2.05) is 48.8 Å².